The Morgan fingerprint density at radius 3 is 2.82 bits per heavy atom. The lowest BCUT2D eigenvalue weighted by Crippen LogP contribution is -2.67. The number of allylic oxidation sites excluding steroid dienone is 4. The normalized spacial score (nSPS) is 49.9. The van der Waals surface area contributed by atoms with Gasteiger partial charge in [-0.2, -0.15) is 0 Å². The van der Waals surface area contributed by atoms with E-state index in [2.05, 4.69) is 0 Å². The summed E-state index contributed by atoms with van der Waals surface area (Å²) in [5.74, 6) is -2.23. The lowest BCUT2D eigenvalue weighted by atomic mass is 9.48. The highest BCUT2D eigenvalue weighted by Crippen LogP contribution is 2.68. The summed E-state index contributed by atoms with van der Waals surface area (Å²) in [5.41, 5.74) is -3.73. The number of hydrogen-bond acceptors (Lipinski definition) is 5. The Hall–Kier alpha value is -0.640. The van der Waals surface area contributed by atoms with Gasteiger partial charge in [-0.3, -0.25) is 9.59 Å². The van der Waals surface area contributed by atoms with Gasteiger partial charge in [0.2, 0.25) is 0 Å². The third-order valence-electron chi connectivity index (χ3n) is 8.20. The maximum absolute atomic E-state index is 16.6. The Kier molecular flexibility index (Phi) is 4.92. The minimum Gasteiger partial charge on any atom is -0.390 e. The summed E-state index contributed by atoms with van der Waals surface area (Å²) in [6, 6.07) is 0. The molecule has 0 amide bonds. The number of carbonyl (C=O) groups is 2. The molecule has 0 saturated heterocycles. The van der Waals surface area contributed by atoms with Gasteiger partial charge in [0.05, 0.1) is 6.10 Å². The molecule has 28 heavy (non-hydrogen) atoms. The quantitative estimate of drug-likeness (QED) is 0.578. The number of hydrogen-bond donors (Lipinski definition) is 2. The molecule has 0 bridgehead atoms. The summed E-state index contributed by atoms with van der Waals surface area (Å²) in [6.45, 7) is 3.43. The minimum absolute atomic E-state index is 0.00403. The van der Waals surface area contributed by atoms with Gasteiger partial charge in [0.25, 0.3) is 0 Å². The molecule has 0 spiro atoms. The average Bonchev–Trinajstić information content (AvgIpc) is 2.83. The van der Waals surface area contributed by atoms with Crippen LogP contribution in [0.15, 0.2) is 23.8 Å². The van der Waals surface area contributed by atoms with Gasteiger partial charge in [0, 0.05) is 17.3 Å². The fourth-order valence-electron chi connectivity index (χ4n) is 6.92. The van der Waals surface area contributed by atoms with Crippen molar-refractivity contribution in [3.8, 4) is 0 Å². The van der Waals surface area contributed by atoms with Gasteiger partial charge in [-0.15, -0.1) is 0 Å². The van der Waals surface area contributed by atoms with Crippen LogP contribution in [0.4, 0.5) is 4.39 Å². The van der Waals surface area contributed by atoms with E-state index in [-0.39, 0.29) is 30.6 Å². The number of aliphatic hydroxyl groups is 2. The first-order chi connectivity index (χ1) is 13.1. The second-order valence-corrected chi connectivity index (χ2v) is 9.88. The van der Waals surface area contributed by atoms with Crippen LogP contribution in [0.1, 0.15) is 39.5 Å². The van der Waals surface area contributed by atoms with Crippen LogP contribution in [0.5, 0.6) is 0 Å². The molecule has 0 heterocycles. The van der Waals surface area contributed by atoms with E-state index in [1.165, 1.54) is 12.2 Å². The van der Waals surface area contributed by atoms with Crippen molar-refractivity contribution in [2.45, 2.75) is 56.9 Å². The molecular weight excluding hydrogens is 478 g/mol. The van der Waals surface area contributed by atoms with E-state index < -0.39 is 40.4 Å². The maximum atomic E-state index is 16.6. The fraction of sp³-hybridized carbons (Fsp3) is 0.714. The van der Waals surface area contributed by atoms with Crippen molar-refractivity contribution in [1.29, 1.82) is 0 Å². The molecule has 4 rings (SSSR count). The van der Waals surface area contributed by atoms with Gasteiger partial charge in [0.15, 0.2) is 11.6 Å². The van der Waals surface area contributed by atoms with E-state index in [9.17, 15) is 19.8 Å². The van der Waals surface area contributed by atoms with E-state index in [1.54, 1.807) is 29.1 Å². The molecule has 0 radical (unpaired) electrons. The van der Waals surface area contributed by atoms with Crippen molar-refractivity contribution in [3.05, 3.63) is 23.8 Å². The first kappa shape index (κ1) is 20.6. The number of rotatable bonds is 3. The Morgan fingerprint density at radius 1 is 1.43 bits per heavy atom. The molecule has 0 aromatic carbocycles. The number of alkyl halides is 1. The zero-order valence-corrected chi connectivity index (χ0v) is 18.2. The number of carbonyl (C=O) groups excluding carboxylic acids is 2. The second-order valence-electron chi connectivity index (χ2n) is 9.25. The van der Waals surface area contributed by atoms with E-state index in [0.717, 1.165) is 5.57 Å². The number of fused-ring (bicyclic) bond motifs is 5. The zero-order valence-electron chi connectivity index (χ0n) is 16.0. The number of halogens is 2. The van der Waals surface area contributed by atoms with Crippen LogP contribution >= 0.6 is 23.0 Å². The lowest BCUT2D eigenvalue weighted by molar-refractivity contribution is -0.205. The summed E-state index contributed by atoms with van der Waals surface area (Å²) in [4.78, 5) is 24.6. The second kappa shape index (κ2) is 6.68. The molecule has 8 atom stereocenters. The first-order valence-corrected chi connectivity index (χ1v) is 10.8. The van der Waals surface area contributed by atoms with E-state index >= 15 is 4.39 Å². The number of ketones is 2. The molecule has 7 heteroatoms. The van der Waals surface area contributed by atoms with E-state index in [0.29, 0.717) is 19.3 Å². The van der Waals surface area contributed by atoms with E-state index in [1.807, 2.05) is 13.8 Å². The highest BCUT2D eigenvalue weighted by atomic mass is 127. The predicted octanol–water partition coefficient (Wildman–Crippen LogP) is 2.88. The number of aliphatic hydroxyl groups excluding tert-OH is 1. The summed E-state index contributed by atoms with van der Waals surface area (Å²) in [5, 5.41) is 22.6. The molecule has 0 unspecified atom stereocenters. The number of Topliss-reactive ketones (excluding diaryl/α,β-unsaturated/α-hetero) is 1. The summed E-state index contributed by atoms with van der Waals surface area (Å²) in [6.07, 6.45) is 4.77. The molecule has 4 aliphatic rings. The molecule has 0 aromatic rings. The van der Waals surface area contributed by atoms with Gasteiger partial charge >= 0.3 is 0 Å². The Labute approximate surface area is 178 Å². The highest BCUT2D eigenvalue weighted by Gasteiger charge is 2.73. The van der Waals surface area contributed by atoms with Crippen molar-refractivity contribution in [1.82, 2.24) is 0 Å². The maximum Gasteiger partial charge on any atom is 0.191 e. The van der Waals surface area contributed by atoms with Crippen molar-refractivity contribution >= 4 is 34.6 Å². The SMILES string of the molecule is C[C@@H]1C[C@H]2[C@@H]3CCC4=CC(=O)C=C[C@@H]4[C@@]3(F)[C@@H](O)C[C@]2(C)[C@@]1(O)C(=O)COI. The Balaban J connectivity index is 1.77. The first-order valence-electron chi connectivity index (χ1n) is 9.89. The minimum atomic E-state index is -1.89. The summed E-state index contributed by atoms with van der Waals surface area (Å²) in [7, 11) is 0. The van der Waals surface area contributed by atoms with Crippen molar-refractivity contribution in [3.63, 3.8) is 0 Å². The standard InChI is InChI=1S/C21H26FIO5/c1-11-7-16-15-5-3-12-8-13(24)4-6-14(12)20(15,22)17(25)9-19(16,2)21(11,27)18(26)10-28-23/h4,6,8,11,14-17,25,27H,3,5,7,9-10H2,1-2H3/t11-,14+,15+,16+,17+,19+,20+,21+/m1/s1. The summed E-state index contributed by atoms with van der Waals surface area (Å²) < 4.78 is 21.5. The van der Waals surface area contributed by atoms with Gasteiger partial charge in [0.1, 0.15) is 40.9 Å². The molecule has 5 nitrogen and oxygen atoms in total. The van der Waals surface area contributed by atoms with Crippen LogP contribution in [0, 0.1) is 29.1 Å². The third kappa shape index (κ3) is 2.45. The van der Waals surface area contributed by atoms with Crippen LogP contribution in [0.2, 0.25) is 0 Å². The molecule has 154 valence electrons. The Morgan fingerprint density at radius 2 is 2.14 bits per heavy atom. The average molecular weight is 504 g/mol. The molecule has 2 N–H and O–H groups in total. The van der Waals surface area contributed by atoms with Gasteiger partial charge in [-0.25, -0.2) is 4.39 Å². The molecule has 4 aliphatic carbocycles. The molecule has 3 fully saturated rings. The Bertz CT molecular complexity index is 781. The fourth-order valence-corrected chi connectivity index (χ4v) is 7.20. The summed E-state index contributed by atoms with van der Waals surface area (Å²) >= 11 is 1.63. The van der Waals surface area contributed by atoms with E-state index in [4.69, 9.17) is 3.07 Å². The smallest absolute Gasteiger partial charge is 0.191 e. The zero-order chi connectivity index (χ0) is 20.5. The van der Waals surface area contributed by atoms with Crippen LogP contribution < -0.4 is 0 Å². The lowest BCUT2D eigenvalue weighted by Gasteiger charge is -2.59. The van der Waals surface area contributed by atoms with Gasteiger partial charge < -0.3 is 13.3 Å². The van der Waals surface area contributed by atoms with Crippen LogP contribution in [-0.4, -0.2) is 45.8 Å². The highest BCUT2D eigenvalue weighted by molar-refractivity contribution is 14.1. The van der Waals surface area contributed by atoms with Crippen molar-refractivity contribution < 1.29 is 27.3 Å². The van der Waals surface area contributed by atoms with Crippen LogP contribution in [-0.2, 0) is 12.7 Å². The topological polar surface area (TPSA) is 83.8 Å². The van der Waals surface area contributed by atoms with Gasteiger partial charge in [-0.1, -0.05) is 25.5 Å². The largest absolute Gasteiger partial charge is 0.390 e. The van der Waals surface area contributed by atoms with Crippen LogP contribution in [0.3, 0.4) is 0 Å². The third-order valence-corrected chi connectivity index (χ3v) is 8.51. The van der Waals surface area contributed by atoms with Crippen molar-refractivity contribution in [2.24, 2.45) is 29.1 Å². The van der Waals surface area contributed by atoms with Crippen molar-refractivity contribution in [2.75, 3.05) is 6.61 Å². The monoisotopic (exact) mass is 504 g/mol. The molecule has 0 aromatic heterocycles. The predicted molar refractivity (Wildman–Crippen MR) is 108 cm³/mol. The molecule has 0 aliphatic heterocycles. The molecule has 3 saturated carbocycles. The molecular formula is C21H26FIO5. The van der Waals surface area contributed by atoms with Gasteiger partial charge in [-0.05, 0) is 49.7 Å². The van der Waals surface area contributed by atoms with Crippen LogP contribution in [0.25, 0.3) is 0 Å².